The van der Waals surface area contributed by atoms with Crippen LogP contribution in [0.1, 0.15) is 214 Å². The van der Waals surface area contributed by atoms with Gasteiger partial charge in [-0.05, 0) is 97.2 Å². The Bertz CT molecular complexity index is 2730. The number of carbonyl (C=O) groups is 2. The van der Waals surface area contributed by atoms with E-state index in [1.807, 2.05) is 55.4 Å². The molecule has 390 valence electrons. The molecule has 0 fully saturated rings. The Balaban J connectivity index is 0.000000275. The van der Waals surface area contributed by atoms with Crippen molar-refractivity contribution in [1.29, 1.82) is 0 Å². The topological polar surface area (TPSA) is 164 Å². The van der Waals surface area contributed by atoms with Crippen molar-refractivity contribution in [2.45, 2.75) is 158 Å². The van der Waals surface area contributed by atoms with E-state index in [0.29, 0.717) is 45.9 Å². The van der Waals surface area contributed by atoms with E-state index in [-0.39, 0.29) is 63.2 Å². The second-order valence-electron chi connectivity index (χ2n) is 21.0. The van der Waals surface area contributed by atoms with E-state index in [1.165, 1.54) is 44.2 Å². The Hall–Kier alpha value is -6.45. The molecule has 1 aliphatic rings. The molecule has 11 heteroatoms. The second kappa shape index (κ2) is 25.5. The number of aliphatic imine (C=N–C) groups is 2. The van der Waals surface area contributed by atoms with Crippen molar-refractivity contribution in [2.75, 3.05) is 0 Å². The third-order valence-corrected chi connectivity index (χ3v) is 13.0. The third kappa shape index (κ3) is 13.6. The number of rotatable bonds is 12. The van der Waals surface area contributed by atoms with Gasteiger partial charge in [0.15, 0.2) is 0 Å². The van der Waals surface area contributed by atoms with E-state index >= 15 is 0 Å². The molecule has 0 aromatic heterocycles. The fourth-order valence-electron chi connectivity index (χ4n) is 9.15. The number of nitrogens with zero attached hydrogens (tertiary/aromatic N) is 2. The summed E-state index contributed by atoms with van der Waals surface area (Å²) in [6, 6.07) is 33.6. The van der Waals surface area contributed by atoms with Gasteiger partial charge in [-0.15, -0.1) is 0 Å². The Labute approximate surface area is 443 Å². The summed E-state index contributed by atoms with van der Waals surface area (Å²) in [5, 5.41) is 43.6. The van der Waals surface area contributed by atoms with Gasteiger partial charge in [0.1, 0.15) is 11.5 Å². The largest absolute Gasteiger partial charge is 2.00 e. The summed E-state index contributed by atoms with van der Waals surface area (Å²) in [5.41, 5.74) is 14.3. The van der Waals surface area contributed by atoms with Crippen LogP contribution in [-0.4, -0.2) is 33.9 Å². The number of carboxylic acid groups (broad SMARTS) is 2. The van der Waals surface area contributed by atoms with Gasteiger partial charge in [-0.2, -0.15) is 0 Å². The molecule has 0 atom stereocenters. The smallest absolute Gasteiger partial charge is 0.510 e. The van der Waals surface area contributed by atoms with Gasteiger partial charge >= 0.3 is 16.5 Å². The van der Waals surface area contributed by atoms with Crippen molar-refractivity contribution >= 4 is 45.9 Å². The maximum absolute atomic E-state index is 10.5. The molecule has 1 aliphatic carbocycles. The molecule has 0 spiro atoms. The molecule has 0 saturated carbocycles. The van der Waals surface area contributed by atoms with Crippen molar-refractivity contribution in [1.82, 2.24) is 0 Å². The molecule has 2 N–H and O–H groups in total. The molecule has 0 aliphatic heterocycles. The maximum Gasteiger partial charge on any atom is 2.00 e. The molecule has 0 radical (unpaired) electrons. The van der Waals surface area contributed by atoms with Gasteiger partial charge in [0.2, 0.25) is 0 Å². The molecule has 0 unspecified atom stereocenters. The minimum atomic E-state index is -1.66. The first kappa shape index (κ1) is 59.1. The van der Waals surface area contributed by atoms with Crippen LogP contribution in [0.5, 0.6) is 23.0 Å². The van der Waals surface area contributed by atoms with Crippen LogP contribution in [0.25, 0.3) is 10.8 Å². The number of carbonyl (C=O) groups excluding carboxylic acids is 2. The number of aromatic hydroxyl groups is 2. The molecule has 0 heterocycles. The molecule has 6 aromatic carbocycles. The third-order valence-electron chi connectivity index (χ3n) is 13.0. The number of phenols is 2. The van der Waals surface area contributed by atoms with Crippen LogP contribution >= 0.6 is 0 Å². The molecular weight excluding hydrogens is 959 g/mol. The van der Waals surface area contributed by atoms with Gasteiger partial charge < -0.3 is 39.5 Å². The molecular formula is C62H74N2NiO8. The Morgan fingerprint density at radius 2 is 0.658 bits per heavy atom. The minimum absolute atomic E-state index is 0. The second-order valence-corrected chi connectivity index (χ2v) is 21.0. The first-order valence-corrected chi connectivity index (χ1v) is 25.3. The quantitative estimate of drug-likeness (QED) is 0.0695. The van der Waals surface area contributed by atoms with Crippen LogP contribution in [0.3, 0.4) is 0 Å². The van der Waals surface area contributed by atoms with E-state index in [0.717, 1.165) is 22.8 Å². The Morgan fingerprint density at radius 1 is 0.397 bits per heavy atom. The number of benzene rings is 6. The zero-order valence-electron chi connectivity index (χ0n) is 45.4. The number of hydrogen-bond acceptors (Lipinski definition) is 10. The van der Waals surface area contributed by atoms with Crippen LogP contribution in [0, 0.1) is 0 Å². The Morgan fingerprint density at radius 3 is 0.918 bits per heavy atom. The van der Waals surface area contributed by atoms with Crippen LogP contribution in [-0.2, 0) is 16.5 Å². The van der Waals surface area contributed by atoms with E-state index in [9.17, 15) is 30.0 Å². The van der Waals surface area contributed by atoms with Crippen molar-refractivity contribution < 1.29 is 56.0 Å². The first-order chi connectivity index (χ1) is 33.9. The number of phenolic OH excluding ortho intramolecular Hbond substituents is 2. The summed E-state index contributed by atoms with van der Waals surface area (Å²) in [6.07, 6.45) is -3.33. The maximum atomic E-state index is 10.5. The minimum Gasteiger partial charge on any atom is -0.510 e. The van der Waals surface area contributed by atoms with Gasteiger partial charge in [-0.3, -0.25) is 0 Å². The Kier molecular flexibility index (Phi) is 20.6. The molecule has 6 aromatic rings. The van der Waals surface area contributed by atoms with Gasteiger partial charge in [0.25, 0.3) is 12.3 Å². The predicted octanol–water partition coefficient (Wildman–Crippen LogP) is 15.3. The molecule has 0 saturated heterocycles. The summed E-state index contributed by atoms with van der Waals surface area (Å²) in [7, 11) is 0. The van der Waals surface area contributed by atoms with Crippen molar-refractivity contribution in [3.8, 4) is 23.0 Å². The summed E-state index contributed by atoms with van der Waals surface area (Å²) < 4.78 is 9.17. The number of para-hydroxylation sites is 2. The van der Waals surface area contributed by atoms with E-state index in [1.54, 1.807) is 24.3 Å². The van der Waals surface area contributed by atoms with Crippen molar-refractivity contribution in [3.63, 3.8) is 0 Å². The summed E-state index contributed by atoms with van der Waals surface area (Å²) >= 11 is 0. The number of ether oxygens (including phenoxy) is 2. The van der Waals surface area contributed by atoms with Gasteiger partial charge in [0.05, 0.1) is 34.3 Å². The van der Waals surface area contributed by atoms with Gasteiger partial charge in [-0.25, -0.2) is 9.98 Å². The van der Waals surface area contributed by atoms with Crippen LogP contribution < -0.4 is 19.7 Å². The fourth-order valence-corrected chi connectivity index (χ4v) is 9.15. The van der Waals surface area contributed by atoms with Crippen molar-refractivity contribution in [3.05, 3.63) is 153 Å². The van der Waals surface area contributed by atoms with Gasteiger partial charge in [-0.1, -0.05) is 208 Å². The normalized spacial score (nSPS) is 13.1. The zero-order valence-corrected chi connectivity index (χ0v) is 46.4. The molecule has 10 nitrogen and oxygen atoms in total. The average Bonchev–Trinajstić information content (AvgIpc) is 3.59. The summed E-state index contributed by atoms with van der Waals surface area (Å²) in [5.74, 6) is 1.53. The average molecular weight is 1030 g/mol. The molecule has 0 amide bonds. The monoisotopic (exact) mass is 1030 g/mol. The van der Waals surface area contributed by atoms with Crippen LogP contribution in [0.4, 0.5) is 21.0 Å². The van der Waals surface area contributed by atoms with Crippen LogP contribution in [0.2, 0.25) is 0 Å². The van der Waals surface area contributed by atoms with E-state index < -0.39 is 12.3 Å². The zero-order chi connectivity index (χ0) is 53.5. The SMILES string of the molecule is CC(C)c1ccc(C(C)C)c(OC(=O)[O-])c1O.CC(C)c1ccc(C(C)C)c(OC(=O)[O-])c1O.CC(C)c1cccc(C(C)C)c1N=C1C(=Nc2c(C(C)C)cccc2C(C)C)c2cccc3cccc1c23.[Ni+2]. The molecule has 73 heavy (non-hydrogen) atoms. The fraction of sp³-hybridized carbons (Fsp3) is 0.387. The van der Waals surface area contributed by atoms with E-state index in [4.69, 9.17) is 9.98 Å². The standard InChI is InChI=1S/C36H40N2.2C13H18O4.Ni/c1-21(2)26-15-11-16-27(22(3)4)33(26)37-35-30-19-9-13-25-14-10-20-31(32(25)30)36(35)38-34-28(23(5)6)17-12-18-29(34)24(7)8;2*1-7(2)9-5-6-10(8(3)4)12(11(9)14)17-13(15)16;/h9-24H,1-8H3;2*5-8,14H,1-4H3,(H,15,16);/q;;;+2/p-2. The van der Waals surface area contributed by atoms with Gasteiger partial charge in [0, 0.05) is 16.5 Å². The summed E-state index contributed by atoms with van der Waals surface area (Å²) in [6.45, 7) is 33.3. The first-order valence-electron chi connectivity index (χ1n) is 25.3. The predicted molar refractivity (Wildman–Crippen MR) is 290 cm³/mol. The molecule has 0 bridgehead atoms. The van der Waals surface area contributed by atoms with Crippen LogP contribution in [0.15, 0.2) is 107 Å². The molecule has 7 rings (SSSR count). The van der Waals surface area contributed by atoms with E-state index in [2.05, 4.69) is 138 Å². The summed E-state index contributed by atoms with van der Waals surface area (Å²) in [4.78, 5) is 32.2. The van der Waals surface area contributed by atoms with Crippen molar-refractivity contribution in [2.24, 2.45) is 9.98 Å². The number of hydrogen-bond donors (Lipinski definition) is 2.